The van der Waals surface area contributed by atoms with Crippen LogP contribution in [0.1, 0.15) is 71.4 Å². The highest BCUT2D eigenvalue weighted by atomic mass is 32.1. The first-order chi connectivity index (χ1) is 30.5. The second-order valence-corrected chi connectivity index (χ2v) is 16.3. The molecule has 7 rings (SSSR count). The van der Waals surface area contributed by atoms with Gasteiger partial charge in [0.2, 0.25) is 5.91 Å². The third-order valence-corrected chi connectivity index (χ3v) is 11.8. The van der Waals surface area contributed by atoms with Crippen LogP contribution in [0.4, 0.5) is 33.3 Å². The number of benzene rings is 4. The number of nitriles is 1. The summed E-state index contributed by atoms with van der Waals surface area (Å²) >= 11 is 5.56. The Labute approximate surface area is 369 Å². The molecule has 0 bridgehead atoms. The molecule has 0 unspecified atom stereocenters. The zero-order chi connectivity index (χ0) is 45.9. The van der Waals surface area contributed by atoms with E-state index in [-0.39, 0.29) is 79.1 Å². The quantitative estimate of drug-likeness (QED) is 0.0732. The first-order valence-electron chi connectivity index (χ1n) is 20.5. The second kappa shape index (κ2) is 18.6. The minimum absolute atomic E-state index is 0.0861. The Morgan fingerprint density at radius 3 is 2.28 bits per heavy atom. The largest absolute Gasteiger partial charge is 0.417 e. The molecule has 0 spiro atoms. The summed E-state index contributed by atoms with van der Waals surface area (Å²) in [5, 5.41) is 16.9. The van der Waals surface area contributed by atoms with Crippen molar-refractivity contribution in [3.05, 3.63) is 134 Å². The number of aromatic amines is 1. The number of carbonyl (C=O) groups excluding carboxylic acids is 3. The molecule has 3 heterocycles. The molecule has 0 aliphatic carbocycles. The molecule has 18 heteroatoms. The Bertz CT molecular complexity index is 2750. The summed E-state index contributed by atoms with van der Waals surface area (Å²) in [6, 6.07) is 20.1. The number of hydrogen-bond acceptors (Lipinski definition) is 8. The molecule has 2 aliphatic heterocycles. The van der Waals surface area contributed by atoms with Gasteiger partial charge >= 0.3 is 6.18 Å². The average Bonchev–Trinajstić information content (AvgIpc) is 3.45. The summed E-state index contributed by atoms with van der Waals surface area (Å²) in [6.07, 6.45) is -2.96. The number of hydrogen-bond donors (Lipinski definition) is 1. The smallest absolute Gasteiger partial charge is 0.381 e. The molecule has 1 N–H and O–H groups in total. The number of nitrogens with zero attached hydrogens (tertiary/aromatic N) is 6. The van der Waals surface area contributed by atoms with Gasteiger partial charge < -0.3 is 19.4 Å². The number of thiocarbonyl (C=S) groups is 1. The highest BCUT2D eigenvalue weighted by Crippen LogP contribution is 2.40. The van der Waals surface area contributed by atoms with Gasteiger partial charge in [0.1, 0.15) is 17.2 Å². The van der Waals surface area contributed by atoms with E-state index >= 15 is 4.39 Å². The lowest BCUT2D eigenvalue weighted by Crippen LogP contribution is -2.50. The van der Waals surface area contributed by atoms with Gasteiger partial charge in [-0.25, -0.2) is 13.9 Å². The van der Waals surface area contributed by atoms with Crippen molar-refractivity contribution in [2.75, 3.05) is 49.2 Å². The molecular weight excluding hydrogens is 858 g/mol. The van der Waals surface area contributed by atoms with Gasteiger partial charge in [-0.05, 0) is 105 Å². The lowest BCUT2D eigenvalue weighted by molar-refractivity contribution is -0.138. The average molecular weight is 900 g/mol. The lowest BCUT2D eigenvalue weighted by atomic mass is 10.0. The molecule has 2 aliphatic rings. The molecule has 3 amide bonds. The number of unbranched alkanes of at least 4 members (excludes halogenated alkanes) is 1. The number of alkyl halides is 3. The molecule has 0 radical (unpaired) electrons. The molecule has 0 atom stereocenters. The van der Waals surface area contributed by atoms with Gasteiger partial charge in [-0.1, -0.05) is 30.3 Å². The van der Waals surface area contributed by atoms with Gasteiger partial charge in [-0.3, -0.25) is 24.1 Å². The number of aromatic nitrogens is 2. The minimum Gasteiger partial charge on any atom is -0.381 e. The molecule has 4 aromatic carbocycles. The highest BCUT2D eigenvalue weighted by molar-refractivity contribution is 7.81. The molecule has 332 valence electrons. The number of anilines is 2. The Morgan fingerprint density at radius 1 is 0.875 bits per heavy atom. The van der Waals surface area contributed by atoms with E-state index in [1.54, 1.807) is 47.4 Å². The predicted molar refractivity (Wildman–Crippen MR) is 232 cm³/mol. The van der Waals surface area contributed by atoms with Crippen LogP contribution in [0, 0.1) is 23.0 Å². The normalized spacial score (nSPS) is 15.3. The SMILES string of the molecule is CC1(C)C(=O)N(c2ccc(C#N)c(C(F)(F)F)c2)C(=S)N1c1ccc(CCCCOCCC(=O)N2CCN(C(=O)c3cc(Cc4n[nH]c(=O)c5ccccc45)ccc3F)CC2)c(F)c1. The number of halogens is 5. The molecule has 1 aromatic heterocycles. The predicted octanol–water partition coefficient (Wildman–Crippen LogP) is 7.31. The maximum absolute atomic E-state index is 15.4. The van der Waals surface area contributed by atoms with Crippen LogP contribution in [0.25, 0.3) is 10.8 Å². The number of aryl methyl sites for hydroxylation is 1. The fraction of sp³-hybridized carbons (Fsp3) is 0.326. The number of ether oxygens (including phenoxy) is 1. The fourth-order valence-corrected chi connectivity index (χ4v) is 8.47. The van der Waals surface area contributed by atoms with Crippen molar-refractivity contribution in [1.29, 1.82) is 5.26 Å². The number of piperazine rings is 1. The van der Waals surface area contributed by atoms with Crippen LogP contribution in [0.15, 0.2) is 83.7 Å². The first kappa shape index (κ1) is 45.4. The number of fused-ring (bicyclic) bond motifs is 1. The van der Waals surface area contributed by atoms with Gasteiger partial charge in [0.15, 0.2) is 5.11 Å². The van der Waals surface area contributed by atoms with Gasteiger partial charge in [0.25, 0.3) is 17.4 Å². The van der Waals surface area contributed by atoms with Crippen LogP contribution in [0.2, 0.25) is 0 Å². The van der Waals surface area contributed by atoms with Crippen LogP contribution in [0.5, 0.6) is 0 Å². The second-order valence-electron chi connectivity index (χ2n) is 16.0. The van der Waals surface area contributed by atoms with Gasteiger partial charge in [-0.15, -0.1) is 0 Å². The monoisotopic (exact) mass is 899 g/mol. The third kappa shape index (κ3) is 9.36. The lowest BCUT2D eigenvalue weighted by Gasteiger charge is -2.35. The van der Waals surface area contributed by atoms with E-state index in [1.165, 1.54) is 54.0 Å². The maximum Gasteiger partial charge on any atom is 0.417 e. The molecule has 2 fully saturated rings. The van der Waals surface area contributed by atoms with E-state index < -0.39 is 46.3 Å². The van der Waals surface area contributed by atoms with Gasteiger partial charge in [-0.2, -0.15) is 23.5 Å². The number of nitrogens with one attached hydrogen (secondary N) is 1. The van der Waals surface area contributed by atoms with E-state index in [1.807, 2.05) is 0 Å². The van der Waals surface area contributed by atoms with Crippen LogP contribution >= 0.6 is 12.2 Å². The summed E-state index contributed by atoms with van der Waals surface area (Å²) in [5.74, 6) is -2.47. The van der Waals surface area contributed by atoms with Gasteiger partial charge in [0.05, 0.1) is 52.6 Å². The van der Waals surface area contributed by atoms with Crippen molar-refractivity contribution >= 4 is 57.2 Å². The summed E-state index contributed by atoms with van der Waals surface area (Å²) < 4.78 is 77.2. The Morgan fingerprint density at radius 2 is 1.58 bits per heavy atom. The van der Waals surface area contributed by atoms with Crippen LogP contribution in [-0.2, 0) is 33.3 Å². The van der Waals surface area contributed by atoms with Crippen LogP contribution < -0.4 is 15.4 Å². The standard InChI is InChI=1S/C46H42F5N7O5S/c1-45(2)43(62)57(31-13-12-30(27-52)36(25-31)46(49,50)51)44(64)58(45)32-14-11-29(38(48)26-32)7-5-6-21-63-22-16-40(59)55-17-19-56(20-18-55)42(61)35-23-28(10-15-37(35)47)24-39-33-8-3-4-9-34(33)41(60)54-53-39/h3-4,8-15,23,25-26H,5-7,16-22,24H2,1-2H3,(H,54,60). The topological polar surface area (TPSA) is 143 Å². The van der Waals surface area contributed by atoms with Crippen molar-refractivity contribution in [3.63, 3.8) is 0 Å². The van der Waals surface area contributed by atoms with E-state index in [4.69, 9.17) is 17.0 Å². The fourth-order valence-electron chi connectivity index (χ4n) is 7.95. The molecular formula is C46H42F5N7O5S. The highest BCUT2D eigenvalue weighted by Gasteiger charge is 2.51. The molecule has 2 saturated heterocycles. The van der Waals surface area contributed by atoms with E-state index in [2.05, 4.69) is 10.2 Å². The first-order valence-corrected chi connectivity index (χ1v) is 20.9. The zero-order valence-corrected chi connectivity index (χ0v) is 35.6. The minimum atomic E-state index is -4.85. The molecule has 12 nitrogen and oxygen atoms in total. The van der Waals surface area contributed by atoms with Crippen molar-refractivity contribution < 1.29 is 41.1 Å². The number of carbonyl (C=O) groups is 3. The molecule has 5 aromatic rings. The van der Waals surface area contributed by atoms with Crippen molar-refractivity contribution in [3.8, 4) is 6.07 Å². The number of rotatable bonds is 13. The van der Waals surface area contributed by atoms with Crippen molar-refractivity contribution in [2.24, 2.45) is 0 Å². The van der Waals surface area contributed by atoms with E-state index in [9.17, 15) is 42.0 Å². The van der Waals surface area contributed by atoms with Crippen LogP contribution in [0.3, 0.4) is 0 Å². The zero-order valence-electron chi connectivity index (χ0n) is 34.8. The summed E-state index contributed by atoms with van der Waals surface area (Å²) in [7, 11) is 0. The third-order valence-electron chi connectivity index (χ3n) is 11.4. The molecule has 64 heavy (non-hydrogen) atoms. The van der Waals surface area contributed by atoms with Crippen molar-refractivity contribution in [2.45, 2.75) is 57.7 Å². The van der Waals surface area contributed by atoms with E-state index in [0.717, 1.165) is 11.0 Å². The van der Waals surface area contributed by atoms with E-state index in [0.29, 0.717) is 59.5 Å². The number of H-pyrrole nitrogens is 1. The van der Waals surface area contributed by atoms with Crippen LogP contribution in [-0.4, -0.2) is 87.8 Å². The Kier molecular flexibility index (Phi) is 13.2. The molecule has 0 saturated carbocycles. The summed E-state index contributed by atoms with van der Waals surface area (Å²) in [5.41, 5.74) is -1.88. The Hall–Kier alpha value is -6.58. The summed E-state index contributed by atoms with van der Waals surface area (Å²) in [4.78, 5) is 57.6. The number of amides is 3. The Balaban J connectivity index is 0.843. The van der Waals surface area contributed by atoms with Gasteiger partial charge in [0, 0.05) is 50.3 Å². The summed E-state index contributed by atoms with van der Waals surface area (Å²) in [6.45, 7) is 4.56. The maximum atomic E-state index is 15.4. The van der Waals surface area contributed by atoms with Crippen molar-refractivity contribution in [1.82, 2.24) is 20.0 Å².